The predicted octanol–water partition coefficient (Wildman–Crippen LogP) is 5.05. The van der Waals surface area contributed by atoms with Crippen LogP contribution in [0.25, 0.3) is 10.6 Å². The molecule has 0 saturated carbocycles. The lowest BCUT2D eigenvalue weighted by molar-refractivity contribution is -0.126. The van der Waals surface area contributed by atoms with E-state index in [1.54, 1.807) is 46.0 Å². The Morgan fingerprint density at radius 3 is 2.49 bits per heavy atom. The molecule has 5 rings (SSSR count). The van der Waals surface area contributed by atoms with Gasteiger partial charge in [-0.1, -0.05) is 37.3 Å². The second kappa shape index (κ2) is 9.11. The maximum Gasteiger partial charge on any atom is 0.277 e. The van der Waals surface area contributed by atoms with Crippen molar-refractivity contribution in [3.8, 4) is 10.6 Å². The van der Waals surface area contributed by atoms with Crippen LogP contribution in [0.15, 0.2) is 72.1 Å². The predicted molar refractivity (Wildman–Crippen MR) is 135 cm³/mol. The van der Waals surface area contributed by atoms with Gasteiger partial charge in [0.2, 0.25) is 5.91 Å². The molecular formula is C27H25FN4O2S. The molecule has 0 bridgehead atoms. The van der Waals surface area contributed by atoms with Gasteiger partial charge in [0.1, 0.15) is 22.7 Å². The van der Waals surface area contributed by atoms with Gasteiger partial charge in [0.25, 0.3) is 5.91 Å². The van der Waals surface area contributed by atoms with Gasteiger partial charge in [0, 0.05) is 12.2 Å². The summed E-state index contributed by atoms with van der Waals surface area (Å²) in [5.41, 5.74) is 2.49. The van der Waals surface area contributed by atoms with Crippen LogP contribution in [-0.2, 0) is 24.3 Å². The second-order valence-corrected chi connectivity index (χ2v) is 9.74. The van der Waals surface area contributed by atoms with Crippen molar-refractivity contribution in [2.45, 2.75) is 38.9 Å². The molecule has 0 saturated heterocycles. The number of hydrogen-bond acceptors (Lipinski definition) is 4. The summed E-state index contributed by atoms with van der Waals surface area (Å²) in [5, 5.41) is 9.57. The third-order valence-corrected chi connectivity index (χ3v) is 7.28. The molecule has 1 N–H and O–H groups in total. The molecule has 4 aromatic rings. The van der Waals surface area contributed by atoms with E-state index in [0.29, 0.717) is 17.1 Å². The number of benzene rings is 2. The van der Waals surface area contributed by atoms with E-state index in [1.807, 2.05) is 41.8 Å². The summed E-state index contributed by atoms with van der Waals surface area (Å²) in [4.78, 5) is 30.0. The summed E-state index contributed by atoms with van der Waals surface area (Å²) in [6.07, 6.45) is 0.876. The molecule has 0 radical (unpaired) electrons. The lowest BCUT2D eigenvalue weighted by Crippen LogP contribution is -2.64. The molecule has 0 spiro atoms. The van der Waals surface area contributed by atoms with Gasteiger partial charge >= 0.3 is 0 Å². The van der Waals surface area contributed by atoms with E-state index in [1.165, 1.54) is 12.1 Å². The first-order valence-electron chi connectivity index (χ1n) is 11.5. The number of fused-ring (bicyclic) bond motifs is 1. The van der Waals surface area contributed by atoms with Crippen LogP contribution in [0.3, 0.4) is 0 Å². The highest BCUT2D eigenvalue weighted by molar-refractivity contribution is 7.13. The molecule has 6 nitrogen and oxygen atoms in total. The van der Waals surface area contributed by atoms with Crippen molar-refractivity contribution in [2.75, 3.05) is 4.90 Å². The van der Waals surface area contributed by atoms with Crippen LogP contribution in [0.1, 0.15) is 35.5 Å². The fourth-order valence-electron chi connectivity index (χ4n) is 4.39. The Balaban J connectivity index is 1.52. The number of amides is 2. The second-order valence-electron chi connectivity index (χ2n) is 8.79. The summed E-state index contributed by atoms with van der Waals surface area (Å²) < 4.78 is 14.9. The van der Waals surface area contributed by atoms with Crippen molar-refractivity contribution < 1.29 is 14.0 Å². The average molecular weight is 489 g/mol. The summed E-state index contributed by atoms with van der Waals surface area (Å²) >= 11 is 1.55. The van der Waals surface area contributed by atoms with Gasteiger partial charge in [-0.3, -0.25) is 19.2 Å². The van der Waals surface area contributed by atoms with Gasteiger partial charge in [0.05, 0.1) is 11.4 Å². The largest absolute Gasteiger partial charge is 0.350 e. The minimum atomic E-state index is -1.23. The van der Waals surface area contributed by atoms with Crippen molar-refractivity contribution in [1.82, 2.24) is 15.1 Å². The fraction of sp³-hybridized carbons (Fsp3) is 0.222. The lowest BCUT2D eigenvalue weighted by Gasteiger charge is -2.43. The normalized spacial score (nSPS) is 17.3. The third-order valence-electron chi connectivity index (χ3n) is 6.39. The number of carbonyl (C=O) groups excluding carboxylic acids is 2. The molecule has 1 atom stereocenters. The highest BCUT2D eigenvalue weighted by Gasteiger charge is 2.48. The van der Waals surface area contributed by atoms with Crippen molar-refractivity contribution in [1.29, 1.82) is 0 Å². The van der Waals surface area contributed by atoms with E-state index in [9.17, 15) is 14.0 Å². The van der Waals surface area contributed by atoms with Crippen molar-refractivity contribution >= 4 is 28.8 Å². The van der Waals surface area contributed by atoms with E-state index in [4.69, 9.17) is 0 Å². The standard InChI is InChI=1S/C27H25FN4O2S/c1-3-18-8-12-21(13-9-18)32-25(33)23-15-22(24-5-4-14-35-24)30-31(23)17-27(32,2)26(34)29-16-19-6-10-20(28)11-7-19/h4-15H,3,16-17H2,1-2H3,(H,29,34). The number of anilines is 1. The highest BCUT2D eigenvalue weighted by Crippen LogP contribution is 2.35. The van der Waals surface area contributed by atoms with Crippen LogP contribution in [0.5, 0.6) is 0 Å². The number of aryl methyl sites for hydroxylation is 1. The number of rotatable bonds is 6. The number of nitrogens with one attached hydrogen (secondary N) is 1. The van der Waals surface area contributed by atoms with E-state index >= 15 is 0 Å². The zero-order valence-electron chi connectivity index (χ0n) is 19.5. The molecule has 1 unspecified atom stereocenters. The molecular weight excluding hydrogens is 463 g/mol. The Morgan fingerprint density at radius 2 is 1.83 bits per heavy atom. The van der Waals surface area contributed by atoms with Gasteiger partial charge in [0.15, 0.2) is 0 Å². The lowest BCUT2D eigenvalue weighted by atomic mass is 9.93. The summed E-state index contributed by atoms with van der Waals surface area (Å²) in [5.74, 6) is -0.928. The SMILES string of the molecule is CCc1ccc(N2C(=O)c3cc(-c4cccs4)nn3CC2(C)C(=O)NCc2ccc(F)cc2)cc1. The molecule has 2 aromatic heterocycles. The fourth-order valence-corrected chi connectivity index (χ4v) is 5.07. The van der Waals surface area contributed by atoms with Gasteiger partial charge in [-0.05, 0) is 66.2 Å². The van der Waals surface area contributed by atoms with Crippen molar-refractivity contribution in [2.24, 2.45) is 0 Å². The molecule has 1 aliphatic rings. The Bertz CT molecular complexity index is 1360. The Hall–Kier alpha value is -3.78. The van der Waals surface area contributed by atoms with Crippen molar-refractivity contribution in [3.63, 3.8) is 0 Å². The summed E-state index contributed by atoms with van der Waals surface area (Å²) in [7, 11) is 0. The van der Waals surface area contributed by atoms with Gasteiger partial charge in [-0.2, -0.15) is 5.10 Å². The van der Waals surface area contributed by atoms with E-state index in [-0.39, 0.29) is 30.7 Å². The number of halogens is 1. The molecule has 0 aliphatic carbocycles. The number of carbonyl (C=O) groups is 2. The first-order chi connectivity index (χ1) is 16.9. The van der Waals surface area contributed by atoms with Crippen LogP contribution in [0, 0.1) is 5.82 Å². The van der Waals surface area contributed by atoms with Gasteiger partial charge in [-0.25, -0.2) is 4.39 Å². The molecule has 0 fully saturated rings. The van der Waals surface area contributed by atoms with Crippen LogP contribution in [0.2, 0.25) is 0 Å². The van der Waals surface area contributed by atoms with Gasteiger partial charge in [-0.15, -0.1) is 11.3 Å². The zero-order valence-corrected chi connectivity index (χ0v) is 20.3. The Labute approximate surface area is 207 Å². The highest BCUT2D eigenvalue weighted by atomic mass is 32.1. The first kappa shape index (κ1) is 23.0. The van der Waals surface area contributed by atoms with Gasteiger partial charge < -0.3 is 5.32 Å². The number of aromatic nitrogens is 2. The minimum absolute atomic E-state index is 0.199. The van der Waals surface area contributed by atoms with Crippen LogP contribution >= 0.6 is 11.3 Å². The minimum Gasteiger partial charge on any atom is -0.350 e. The van der Waals surface area contributed by atoms with E-state index in [0.717, 1.165) is 22.4 Å². The van der Waals surface area contributed by atoms with Crippen LogP contribution in [0.4, 0.5) is 10.1 Å². The zero-order chi connectivity index (χ0) is 24.6. The maximum absolute atomic E-state index is 13.8. The third kappa shape index (κ3) is 4.25. The molecule has 35 heavy (non-hydrogen) atoms. The number of nitrogens with zero attached hydrogens (tertiary/aromatic N) is 3. The molecule has 8 heteroatoms. The average Bonchev–Trinajstić information content (AvgIpc) is 3.54. The quantitative estimate of drug-likeness (QED) is 0.413. The van der Waals surface area contributed by atoms with Crippen LogP contribution < -0.4 is 10.2 Å². The Kier molecular flexibility index (Phi) is 5.98. The monoisotopic (exact) mass is 488 g/mol. The van der Waals surface area contributed by atoms with Crippen LogP contribution in [-0.4, -0.2) is 27.1 Å². The molecule has 2 aromatic carbocycles. The smallest absolute Gasteiger partial charge is 0.277 e. The maximum atomic E-state index is 13.8. The number of thiophene rings is 1. The number of hydrogen-bond donors (Lipinski definition) is 1. The van der Waals surface area contributed by atoms with E-state index in [2.05, 4.69) is 17.3 Å². The van der Waals surface area contributed by atoms with E-state index < -0.39 is 5.54 Å². The van der Waals surface area contributed by atoms with Crippen molar-refractivity contribution in [3.05, 3.63) is 94.7 Å². The molecule has 3 heterocycles. The first-order valence-corrected chi connectivity index (χ1v) is 12.3. The molecule has 178 valence electrons. The summed E-state index contributed by atoms with van der Waals surface area (Å²) in [6.45, 7) is 4.24. The molecule has 1 aliphatic heterocycles. The topological polar surface area (TPSA) is 67.2 Å². The molecule has 2 amide bonds. The summed E-state index contributed by atoms with van der Waals surface area (Å²) in [6, 6.07) is 19.4. The Morgan fingerprint density at radius 1 is 1.11 bits per heavy atom.